The van der Waals surface area contributed by atoms with E-state index in [2.05, 4.69) is 12.2 Å². The lowest BCUT2D eigenvalue weighted by Gasteiger charge is -2.45. The number of halogens is 2. The second-order valence-corrected chi connectivity index (χ2v) is 6.70. The Balaban J connectivity index is 2.41. The molecule has 1 aromatic carbocycles. The quantitative estimate of drug-likeness (QED) is 0.857. The van der Waals surface area contributed by atoms with E-state index in [9.17, 15) is 0 Å². The Hall–Kier alpha value is -0.280. The molecular formula is C16H23Cl2NO. The molecule has 1 aliphatic carbocycles. The van der Waals surface area contributed by atoms with E-state index in [0.717, 1.165) is 23.4 Å². The fraction of sp³-hybridized carbons (Fsp3) is 0.625. The van der Waals surface area contributed by atoms with Crippen LogP contribution in [0.2, 0.25) is 10.0 Å². The first-order chi connectivity index (χ1) is 9.52. The van der Waals surface area contributed by atoms with Gasteiger partial charge in [0.2, 0.25) is 0 Å². The summed E-state index contributed by atoms with van der Waals surface area (Å²) in [6.45, 7) is 2.29. The highest BCUT2D eigenvalue weighted by Gasteiger charge is 2.43. The summed E-state index contributed by atoms with van der Waals surface area (Å²) < 4.78 is 5.99. The molecule has 0 aliphatic heterocycles. The molecule has 0 saturated heterocycles. The molecule has 0 spiro atoms. The number of hydrogen-bond donors (Lipinski definition) is 1. The number of hydrogen-bond acceptors (Lipinski definition) is 2. The topological polar surface area (TPSA) is 21.3 Å². The van der Waals surface area contributed by atoms with E-state index in [1.807, 2.05) is 25.2 Å². The second kappa shape index (κ2) is 6.65. The highest BCUT2D eigenvalue weighted by molar-refractivity contribution is 6.33. The predicted molar refractivity (Wildman–Crippen MR) is 85.6 cm³/mol. The Morgan fingerprint density at radius 2 is 2.15 bits per heavy atom. The average Bonchev–Trinajstić information content (AvgIpc) is 2.43. The van der Waals surface area contributed by atoms with Gasteiger partial charge < -0.3 is 10.1 Å². The minimum Gasteiger partial charge on any atom is -0.376 e. The molecule has 1 fully saturated rings. The molecule has 1 N–H and O–H groups in total. The Bertz CT molecular complexity index is 466. The number of nitrogens with one attached hydrogen (secondary N) is 1. The van der Waals surface area contributed by atoms with E-state index in [0.29, 0.717) is 10.9 Å². The zero-order valence-electron chi connectivity index (χ0n) is 12.4. The molecule has 0 radical (unpaired) electrons. The number of rotatable bonds is 4. The van der Waals surface area contributed by atoms with Crippen molar-refractivity contribution in [1.29, 1.82) is 0 Å². The van der Waals surface area contributed by atoms with E-state index in [4.69, 9.17) is 27.9 Å². The minimum atomic E-state index is -0.208. The lowest BCUT2D eigenvalue weighted by Crippen LogP contribution is -2.47. The number of ether oxygens (including phenoxy) is 1. The van der Waals surface area contributed by atoms with Gasteiger partial charge in [0.15, 0.2) is 0 Å². The molecule has 3 unspecified atom stereocenters. The Kier molecular flexibility index (Phi) is 5.36. The number of benzene rings is 1. The lowest BCUT2D eigenvalue weighted by atomic mass is 9.72. The molecule has 1 saturated carbocycles. The van der Waals surface area contributed by atoms with Crippen molar-refractivity contribution in [2.45, 2.75) is 44.2 Å². The van der Waals surface area contributed by atoms with E-state index in [-0.39, 0.29) is 11.6 Å². The van der Waals surface area contributed by atoms with Gasteiger partial charge in [0, 0.05) is 17.2 Å². The summed E-state index contributed by atoms with van der Waals surface area (Å²) in [5, 5.41) is 4.85. The highest BCUT2D eigenvalue weighted by Crippen LogP contribution is 2.44. The average molecular weight is 316 g/mol. The molecule has 112 valence electrons. The van der Waals surface area contributed by atoms with Gasteiger partial charge in [-0.1, -0.05) is 43.0 Å². The standard InChI is InChI=1S/C16H23Cl2NO/c1-11-5-4-8-16(10-11,20-3)15(19-2)13-9-12(17)6-7-14(13)18/h6-7,9,11,15,19H,4-5,8,10H2,1-3H3. The molecule has 1 aromatic rings. The molecule has 0 amide bonds. The van der Waals surface area contributed by atoms with Crippen molar-refractivity contribution >= 4 is 23.2 Å². The van der Waals surface area contributed by atoms with E-state index in [1.165, 1.54) is 12.8 Å². The summed E-state index contributed by atoms with van der Waals surface area (Å²) in [5.41, 5.74) is 0.818. The van der Waals surface area contributed by atoms with Gasteiger partial charge in [-0.3, -0.25) is 0 Å². The van der Waals surface area contributed by atoms with Crippen LogP contribution in [0.1, 0.15) is 44.2 Å². The van der Waals surface area contributed by atoms with Crippen LogP contribution in [0.3, 0.4) is 0 Å². The number of methoxy groups -OCH3 is 1. The third kappa shape index (κ3) is 3.14. The van der Waals surface area contributed by atoms with Gasteiger partial charge in [-0.15, -0.1) is 0 Å². The largest absolute Gasteiger partial charge is 0.376 e. The van der Waals surface area contributed by atoms with Crippen LogP contribution >= 0.6 is 23.2 Å². The maximum Gasteiger partial charge on any atom is 0.0875 e. The van der Waals surface area contributed by atoms with Crippen LogP contribution in [0.5, 0.6) is 0 Å². The minimum absolute atomic E-state index is 0.0569. The van der Waals surface area contributed by atoms with Gasteiger partial charge in [0.25, 0.3) is 0 Å². The van der Waals surface area contributed by atoms with Crippen molar-refractivity contribution in [3.63, 3.8) is 0 Å². The Labute approximate surface area is 131 Å². The normalized spacial score (nSPS) is 28.4. The molecule has 1 aliphatic rings. The summed E-state index contributed by atoms with van der Waals surface area (Å²) in [6.07, 6.45) is 4.54. The third-order valence-electron chi connectivity index (χ3n) is 4.48. The maximum atomic E-state index is 6.39. The SMILES string of the molecule is CNC(c1cc(Cl)ccc1Cl)C1(OC)CCCC(C)C1. The van der Waals surface area contributed by atoms with Crippen LogP contribution < -0.4 is 5.32 Å². The van der Waals surface area contributed by atoms with Crippen molar-refractivity contribution in [1.82, 2.24) is 5.32 Å². The predicted octanol–water partition coefficient (Wildman–Crippen LogP) is 4.85. The molecule has 3 atom stereocenters. The van der Waals surface area contributed by atoms with Crippen LogP contribution in [0.25, 0.3) is 0 Å². The fourth-order valence-corrected chi connectivity index (χ4v) is 3.95. The van der Waals surface area contributed by atoms with Crippen LogP contribution in [0.4, 0.5) is 0 Å². The maximum absolute atomic E-state index is 6.39. The zero-order valence-corrected chi connectivity index (χ0v) is 13.9. The van der Waals surface area contributed by atoms with E-state index < -0.39 is 0 Å². The summed E-state index contributed by atoms with van der Waals surface area (Å²) in [4.78, 5) is 0. The first-order valence-electron chi connectivity index (χ1n) is 7.20. The third-order valence-corrected chi connectivity index (χ3v) is 5.06. The Morgan fingerprint density at radius 3 is 2.75 bits per heavy atom. The molecule has 2 rings (SSSR count). The van der Waals surface area contributed by atoms with Gasteiger partial charge in [0.1, 0.15) is 0 Å². The van der Waals surface area contributed by atoms with Gasteiger partial charge in [-0.25, -0.2) is 0 Å². The molecule has 0 heterocycles. The van der Waals surface area contributed by atoms with Gasteiger partial charge in [0.05, 0.1) is 11.6 Å². The van der Waals surface area contributed by atoms with Crippen LogP contribution in [-0.4, -0.2) is 19.8 Å². The summed E-state index contributed by atoms with van der Waals surface area (Å²) in [7, 11) is 3.77. The zero-order chi connectivity index (χ0) is 14.8. The van der Waals surface area contributed by atoms with Gasteiger partial charge >= 0.3 is 0 Å². The van der Waals surface area contributed by atoms with Crippen LogP contribution in [0.15, 0.2) is 18.2 Å². The van der Waals surface area contributed by atoms with E-state index >= 15 is 0 Å². The van der Waals surface area contributed by atoms with Crippen molar-refractivity contribution < 1.29 is 4.74 Å². The monoisotopic (exact) mass is 315 g/mol. The lowest BCUT2D eigenvalue weighted by molar-refractivity contribution is -0.0790. The Morgan fingerprint density at radius 1 is 1.40 bits per heavy atom. The van der Waals surface area contributed by atoms with Crippen molar-refractivity contribution in [3.05, 3.63) is 33.8 Å². The van der Waals surface area contributed by atoms with Crippen molar-refractivity contribution in [2.24, 2.45) is 5.92 Å². The van der Waals surface area contributed by atoms with Crippen molar-refractivity contribution in [2.75, 3.05) is 14.2 Å². The van der Waals surface area contributed by atoms with Crippen LogP contribution in [0, 0.1) is 5.92 Å². The smallest absolute Gasteiger partial charge is 0.0875 e. The second-order valence-electron chi connectivity index (χ2n) is 5.86. The molecular weight excluding hydrogens is 293 g/mol. The first-order valence-corrected chi connectivity index (χ1v) is 7.95. The van der Waals surface area contributed by atoms with Gasteiger partial charge in [-0.05, 0) is 49.6 Å². The summed E-state index contributed by atoms with van der Waals surface area (Å²) in [6, 6.07) is 5.69. The molecule has 2 nitrogen and oxygen atoms in total. The van der Waals surface area contributed by atoms with Crippen LogP contribution in [-0.2, 0) is 4.74 Å². The summed E-state index contributed by atoms with van der Waals surface area (Å²) >= 11 is 12.5. The van der Waals surface area contributed by atoms with Gasteiger partial charge in [-0.2, -0.15) is 0 Å². The first kappa shape index (κ1) is 16.1. The molecule has 20 heavy (non-hydrogen) atoms. The summed E-state index contributed by atoms with van der Waals surface area (Å²) in [5.74, 6) is 0.664. The molecule has 4 heteroatoms. The number of likely N-dealkylation sites (N-methyl/N-ethyl adjacent to an activating group) is 1. The highest BCUT2D eigenvalue weighted by atomic mass is 35.5. The van der Waals surface area contributed by atoms with Crippen molar-refractivity contribution in [3.8, 4) is 0 Å². The molecule has 0 aromatic heterocycles. The fourth-order valence-electron chi connectivity index (χ4n) is 3.55. The van der Waals surface area contributed by atoms with E-state index in [1.54, 1.807) is 7.11 Å². The molecule has 0 bridgehead atoms.